The van der Waals surface area contributed by atoms with E-state index in [-0.39, 0.29) is 0 Å². The van der Waals surface area contributed by atoms with Crippen LogP contribution in [0.2, 0.25) is 5.02 Å². The first-order chi connectivity index (χ1) is 5.27. The minimum absolute atomic E-state index is 0.714. The number of aromatic nitrogens is 1. The monoisotopic (exact) mass is 233 g/mol. The molecular weight excluding hydrogens is 225 g/mol. The standard InChI is InChI=1S/C8H9BrClN/c1-2-6-3-7(10)5-11-8(6)4-9/h3,5H,2,4H2,1H3. The average Bonchev–Trinajstić information content (AvgIpc) is 2.04. The number of halogens is 2. The van der Waals surface area contributed by atoms with Gasteiger partial charge in [0.2, 0.25) is 0 Å². The summed E-state index contributed by atoms with van der Waals surface area (Å²) in [4.78, 5) is 4.19. The second-order valence-corrected chi connectivity index (χ2v) is 3.24. The van der Waals surface area contributed by atoms with Crippen molar-refractivity contribution in [3.05, 3.63) is 28.5 Å². The number of aryl methyl sites for hydroxylation is 1. The molecule has 0 amide bonds. The lowest BCUT2D eigenvalue weighted by atomic mass is 10.1. The summed E-state index contributed by atoms with van der Waals surface area (Å²) in [5.41, 5.74) is 2.30. The minimum Gasteiger partial charge on any atom is -0.259 e. The predicted octanol–water partition coefficient (Wildman–Crippen LogP) is 3.19. The van der Waals surface area contributed by atoms with E-state index in [2.05, 4.69) is 27.8 Å². The third-order valence-electron chi connectivity index (χ3n) is 1.53. The van der Waals surface area contributed by atoms with E-state index in [0.717, 1.165) is 17.4 Å². The smallest absolute Gasteiger partial charge is 0.0592 e. The lowest BCUT2D eigenvalue weighted by Gasteiger charge is -2.02. The molecule has 0 radical (unpaired) electrons. The van der Waals surface area contributed by atoms with Crippen LogP contribution in [0.5, 0.6) is 0 Å². The summed E-state index contributed by atoms with van der Waals surface area (Å²) in [5.74, 6) is 0. The van der Waals surface area contributed by atoms with Gasteiger partial charge in [-0.25, -0.2) is 0 Å². The van der Waals surface area contributed by atoms with Gasteiger partial charge in [-0.1, -0.05) is 34.5 Å². The predicted molar refractivity (Wildman–Crippen MR) is 51.3 cm³/mol. The van der Waals surface area contributed by atoms with Crippen LogP contribution in [-0.4, -0.2) is 4.98 Å². The Bertz CT molecular complexity index is 250. The Morgan fingerprint density at radius 2 is 2.36 bits per heavy atom. The van der Waals surface area contributed by atoms with Gasteiger partial charge < -0.3 is 0 Å². The molecule has 0 atom stereocenters. The van der Waals surface area contributed by atoms with E-state index >= 15 is 0 Å². The molecule has 1 rings (SSSR count). The molecule has 0 bridgehead atoms. The maximum atomic E-state index is 5.77. The summed E-state index contributed by atoms with van der Waals surface area (Å²) in [7, 11) is 0. The van der Waals surface area contributed by atoms with Crippen molar-refractivity contribution in [2.24, 2.45) is 0 Å². The Kier molecular flexibility index (Phi) is 3.34. The lowest BCUT2D eigenvalue weighted by Crippen LogP contribution is -1.92. The normalized spacial score (nSPS) is 10.1. The Labute approximate surface area is 79.9 Å². The van der Waals surface area contributed by atoms with Crippen molar-refractivity contribution in [1.82, 2.24) is 4.98 Å². The minimum atomic E-state index is 0.714. The molecule has 0 spiro atoms. The highest BCUT2D eigenvalue weighted by molar-refractivity contribution is 9.08. The van der Waals surface area contributed by atoms with Crippen LogP contribution in [0.25, 0.3) is 0 Å². The highest BCUT2D eigenvalue weighted by atomic mass is 79.9. The van der Waals surface area contributed by atoms with Gasteiger partial charge in [0.25, 0.3) is 0 Å². The maximum absolute atomic E-state index is 5.77. The molecule has 1 aromatic heterocycles. The fourth-order valence-electron chi connectivity index (χ4n) is 0.936. The van der Waals surface area contributed by atoms with Crippen molar-refractivity contribution in [1.29, 1.82) is 0 Å². The Morgan fingerprint density at radius 3 is 2.91 bits per heavy atom. The summed E-state index contributed by atoms with van der Waals surface area (Å²) in [6.45, 7) is 2.10. The molecule has 3 heteroatoms. The van der Waals surface area contributed by atoms with Gasteiger partial charge in [0.15, 0.2) is 0 Å². The van der Waals surface area contributed by atoms with Gasteiger partial charge in [-0.15, -0.1) is 0 Å². The fraction of sp³-hybridized carbons (Fsp3) is 0.375. The van der Waals surface area contributed by atoms with E-state index in [1.165, 1.54) is 5.56 Å². The van der Waals surface area contributed by atoms with E-state index in [1.54, 1.807) is 6.20 Å². The molecule has 1 nitrogen and oxygen atoms in total. The molecule has 1 heterocycles. The van der Waals surface area contributed by atoms with Crippen LogP contribution in [-0.2, 0) is 11.8 Å². The molecule has 1 aromatic rings. The third-order valence-corrected chi connectivity index (χ3v) is 2.27. The Hall–Kier alpha value is -0.0800. The number of nitrogens with zero attached hydrogens (tertiary/aromatic N) is 1. The first kappa shape index (κ1) is 9.01. The molecule has 0 fully saturated rings. The molecule has 0 unspecified atom stereocenters. The van der Waals surface area contributed by atoms with Crippen molar-refractivity contribution < 1.29 is 0 Å². The van der Waals surface area contributed by atoms with E-state index in [0.29, 0.717) is 5.02 Å². The first-order valence-corrected chi connectivity index (χ1v) is 4.97. The van der Waals surface area contributed by atoms with Crippen LogP contribution in [0, 0.1) is 0 Å². The van der Waals surface area contributed by atoms with Crippen LogP contribution in [0.1, 0.15) is 18.2 Å². The first-order valence-electron chi connectivity index (χ1n) is 3.47. The van der Waals surface area contributed by atoms with E-state index in [1.807, 2.05) is 6.07 Å². The van der Waals surface area contributed by atoms with Crippen molar-refractivity contribution in [3.63, 3.8) is 0 Å². The van der Waals surface area contributed by atoms with Crippen molar-refractivity contribution in [2.75, 3.05) is 0 Å². The van der Waals surface area contributed by atoms with Gasteiger partial charge >= 0.3 is 0 Å². The SMILES string of the molecule is CCc1cc(Cl)cnc1CBr. The van der Waals surface area contributed by atoms with Crippen molar-refractivity contribution in [3.8, 4) is 0 Å². The molecule has 0 N–H and O–H groups in total. The van der Waals surface area contributed by atoms with Gasteiger partial charge in [0, 0.05) is 11.5 Å². The molecule has 0 aliphatic rings. The number of alkyl halides is 1. The van der Waals surface area contributed by atoms with Gasteiger partial charge in [-0.3, -0.25) is 4.98 Å². The molecular formula is C8H9BrClN. The van der Waals surface area contributed by atoms with Gasteiger partial charge in [-0.05, 0) is 18.1 Å². The van der Waals surface area contributed by atoms with Gasteiger partial charge in [-0.2, -0.15) is 0 Å². The summed E-state index contributed by atoms with van der Waals surface area (Å²) < 4.78 is 0. The van der Waals surface area contributed by atoms with Crippen LogP contribution in [0.15, 0.2) is 12.3 Å². The highest BCUT2D eigenvalue weighted by Crippen LogP contribution is 2.15. The summed E-state index contributed by atoms with van der Waals surface area (Å²) in [6, 6.07) is 1.96. The van der Waals surface area contributed by atoms with Crippen LogP contribution in [0.4, 0.5) is 0 Å². The molecule has 0 aliphatic carbocycles. The molecule has 11 heavy (non-hydrogen) atoms. The van der Waals surface area contributed by atoms with Crippen molar-refractivity contribution >= 4 is 27.5 Å². The van der Waals surface area contributed by atoms with Crippen LogP contribution < -0.4 is 0 Å². The molecule has 0 aromatic carbocycles. The largest absolute Gasteiger partial charge is 0.259 e. The number of hydrogen-bond acceptors (Lipinski definition) is 1. The van der Waals surface area contributed by atoms with E-state index in [4.69, 9.17) is 11.6 Å². The quantitative estimate of drug-likeness (QED) is 0.716. The van der Waals surface area contributed by atoms with Crippen LogP contribution in [0.3, 0.4) is 0 Å². The Morgan fingerprint density at radius 1 is 1.64 bits per heavy atom. The molecule has 0 aliphatic heterocycles. The lowest BCUT2D eigenvalue weighted by molar-refractivity contribution is 1.04. The summed E-state index contributed by atoms with van der Waals surface area (Å²) in [6.07, 6.45) is 2.66. The van der Waals surface area contributed by atoms with Crippen LogP contribution >= 0.6 is 27.5 Å². The number of rotatable bonds is 2. The highest BCUT2D eigenvalue weighted by Gasteiger charge is 2.00. The zero-order chi connectivity index (χ0) is 8.27. The second-order valence-electron chi connectivity index (χ2n) is 2.25. The van der Waals surface area contributed by atoms with E-state index in [9.17, 15) is 0 Å². The third kappa shape index (κ3) is 2.17. The number of hydrogen-bond donors (Lipinski definition) is 0. The van der Waals surface area contributed by atoms with Gasteiger partial charge in [0.1, 0.15) is 0 Å². The van der Waals surface area contributed by atoms with Crippen molar-refractivity contribution in [2.45, 2.75) is 18.7 Å². The maximum Gasteiger partial charge on any atom is 0.0592 e. The van der Waals surface area contributed by atoms with Gasteiger partial charge in [0.05, 0.1) is 10.7 Å². The number of pyridine rings is 1. The summed E-state index contributed by atoms with van der Waals surface area (Å²) >= 11 is 9.14. The summed E-state index contributed by atoms with van der Waals surface area (Å²) in [5, 5.41) is 1.51. The molecule has 0 saturated heterocycles. The molecule has 0 saturated carbocycles. The zero-order valence-corrected chi connectivity index (χ0v) is 8.61. The topological polar surface area (TPSA) is 12.9 Å². The fourth-order valence-corrected chi connectivity index (χ4v) is 1.62. The average molecular weight is 235 g/mol. The Balaban J connectivity index is 3.06. The zero-order valence-electron chi connectivity index (χ0n) is 6.27. The second kappa shape index (κ2) is 4.07. The molecule has 60 valence electrons. The van der Waals surface area contributed by atoms with E-state index < -0.39 is 0 Å².